The number of aliphatic hydroxyl groups is 2. The number of amides is 1. The molecule has 0 saturated heterocycles. The van der Waals surface area contributed by atoms with Crippen molar-refractivity contribution in [2.75, 3.05) is 6.61 Å². The van der Waals surface area contributed by atoms with Gasteiger partial charge in [-0.3, -0.25) is 9.59 Å². The summed E-state index contributed by atoms with van der Waals surface area (Å²) in [5.74, 6) is -0.592. The monoisotopic (exact) mass is 838 g/mol. The van der Waals surface area contributed by atoms with Crippen molar-refractivity contribution in [3.63, 3.8) is 0 Å². The number of nitrogens with one attached hydrogen (secondary N) is 1. The number of carbonyl (C=O) groups excluding carboxylic acids is 2. The van der Waals surface area contributed by atoms with E-state index in [4.69, 9.17) is 4.74 Å². The Morgan fingerprint density at radius 2 is 0.917 bits per heavy atom. The largest absolute Gasteiger partial charge is 0.462 e. The quantitative estimate of drug-likeness (QED) is 0.0246. The molecule has 0 aromatic heterocycles. The van der Waals surface area contributed by atoms with Gasteiger partial charge in [0.1, 0.15) is 6.10 Å². The molecule has 0 aromatic carbocycles. The Balaban J connectivity index is 4.76. The van der Waals surface area contributed by atoms with E-state index in [1.807, 2.05) is 0 Å². The first-order valence-corrected chi connectivity index (χ1v) is 25.2. The first-order chi connectivity index (χ1) is 29.5. The Morgan fingerprint density at radius 1 is 0.500 bits per heavy atom. The van der Waals surface area contributed by atoms with Gasteiger partial charge in [-0.2, -0.15) is 0 Å². The highest BCUT2D eigenvalue weighted by Crippen LogP contribution is 2.16. The van der Waals surface area contributed by atoms with Crippen molar-refractivity contribution >= 4 is 11.9 Å². The Labute approximate surface area is 371 Å². The molecule has 0 aliphatic heterocycles. The molecule has 0 saturated carbocycles. The number of hydrogen-bond acceptors (Lipinski definition) is 5. The molecule has 6 heteroatoms. The van der Waals surface area contributed by atoms with Gasteiger partial charge >= 0.3 is 5.97 Å². The number of hydrogen-bond donors (Lipinski definition) is 3. The molecule has 0 radical (unpaired) electrons. The second kappa shape index (κ2) is 47.4. The smallest absolute Gasteiger partial charge is 0.306 e. The molecule has 0 aromatic rings. The normalized spacial score (nSPS) is 13.9. The van der Waals surface area contributed by atoms with Gasteiger partial charge in [-0.1, -0.05) is 209 Å². The lowest BCUT2D eigenvalue weighted by Crippen LogP contribution is -2.46. The number of esters is 1. The van der Waals surface area contributed by atoms with E-state index in [9.17, 15) is 19.8 Å². The van der Waals surface area contributed by atoms with Crippen LogP contribution in [0.4, 0.5) is 0 Å². The Bertz CT molecular complexity index is 1120. The van der Waals surface area contributed by atoms with Gasteiger partial charge in [-0.25, -0.2) is 0 Å². The molecule has 0 spiro atoms. The van der Waals surface area contributed by atoms with Crippen LogP contribution in [0.15, 0.2) is 72.9 Å². The summed E-state index contributed by atoms with van der Waals surface area (Å²) in [5.41, 5.74) is 0. The number of rotatable bonds is 44. The zero-order valence-corrected chi connectivity index (χ0v) is 39.3. The number of unbranched alkanes of at least 4 members (excludes halogenated alkanes) is 21. The fraction of sp³-hybridized carbons (Fsp3) is 0.741. The fourth-order valence-corrected chi connectivity index (χ4v) is 7.18. The Hall–Kier alpha value is -2.70. The van der Waals surface area contributed by atoms with E-state index in [1.165, 1.54) is 116 Å². The van der Waals surface area contributed by atoms with Crippen LogP contribution in [0.2, 0.25) is 0 Å². The molecule has 3 N–H and O–H groups in total. The zero-order chi connectivity index (χ0) is 43.8. The van der Waals surface area contributed by atoms with E-state index in [2.05, 4.69) is 99.0 Å². The molecule has 0 fully saturated rings. The highest BCUT2D eigenvalue weighted by molar-refractivity contribution is 5.77. The standard InChI is InChI=1S/C54H95NO5/c1-4-7-10-13-16-19-22-24-26-27-28-30-32-35-38-41-44-47-54(59)60-50(45-42-39-36-33-31-29-25-23-20-17-14-11-8-5-2)48-53(58)55-51(49-56)52(57)46-43-40-37-34-21-18-15-12-9-6-3/h16,19,24,26,28-31,33,35-36,38,50-52,56-57H,4-15,17-18,20-23,25,27,32,34,37,39-49H2,1-3H3,(H,55,58)/b19-16-,26-24-,30-28-,31-29+,36-33+,38-35-. The van der Waals surface area contributed by atoms with Crippen LogP contribution in [0, 0.1) is 0 Å². The molecule has 3 unspecified atom stereocenters. The predicted molar refractivity (Wildman–Crippen MR) is 259 cm³/mol. The second-order valence-corrected chi connectivity index (χ2v) is 16.9. The van der Waals surface area contributed by atoms with Crippen molar-refractivity contribution in [3.8, 4) is 0 Å². The Morgan fingerprint density at radius 3 is 1.45 bits per heavy atom. The van der Waals surface area contributed by atoms with Crippen LogP contribution in [0.5, 0.6) is 0 Å². The first-order valence-electron chi connectivity index (χ1n) is 25.2. The molecule has 0 heterocycles. The van der Waals surface area contributed by atoms with E-state index in [-0.39, 0.29) is 24.9 Å². The third-order valence-corrected chi connectivity index (χ3v) is 11.0. The maximum atomic E-state index is 13.2. The van der Waals surface area contributed by atoms with Crippen molar-refractivity contribution in [1.29, 1.82) is 0 Å². The summed E-state index contributed by atoms with van der Waals surface area (Å²) >= 11 is 0. The molecule has 1 amide bonds. The van der Waals surface area contributed by atoms with Crippen LogP contribution >= 0.6 is 0 Å². The van der Waals surface area contributed by atoms with Gasteiger partial charge in [-0.05, 0) is 83.5 Å². The van der Waals surface area contributed by atoms with Crippen molar-refractivity contribution in [1.82, 2.24) is 5.32 Å². The SMILES string of the molecule is CCCCC/C=C\C/C=C\C/C=C\C/C=C\CCCC(=O)OC(CCC/C=C/C=C/CCCCCCCCC)CC(=O)NC(CO)C(O)CCCCCCCCCCCC. The number of allylic oxidation sites excluding steroid dienone is 12. The van der Waals surface area contributed by atoms with Crippen molar-refractivity contribution in [3.05, 3.63) is 72.9 Å². The average Bonchev–Trinajstić information content (AvgIpc) is 3.24. The minimum Gasteiger partial charge on any atom is -0.462 e. The lowest BCUT2D eigenvalue weighted by atomic mass is 10.0. The summed E-state index contributed by atoms with van der Waals surface area (Å²) in [4.78, 5) is 26.1. The summed E-state index contributed by atoms with van der Waals surface area (Å²) in [6, 6.07) is -0.728. The van der Waals surface area contributed by atoms with E-state index in [0.29, 0.717) is 25.7 Å². The summed E-state index contributed by atoms with van der Waals surface area (Å²) < 4.78 is 5.87. The zero-order valence-electron chi connectivity index (χ0n) is 39.3. The van der Waals surface area contributed by atoms with Gasteiger partial charge in [0.05, 0.1) is 25.2 Å². The van der Waals surface area contributed by atoms with Crippen molar-refractivity contribution in [2.24, 2.45) is 0 Å². The van der Waals surface area contributed by atoms with Crippen LogP contribution in [-0.4, -0.2) is 46.9 Å². The van der Waals surface area contributed by atoms with Crippen LogP contribution < -0.4 is 5.32 Å². The molecular formula is C54H95NO5. The molecule has 3 atom stereocenters. The van der Waals surface area contributed by atoms with Crippen molar-refractivity contribution < 1.29 is 24.5 Å². The van der Waals surface area contributed by atoms with Gasteiger partial charge in [0.15, 0.2) is 0 Å². The highest BCUT2D eigenvalue weighted by atomic mass is 16.5. The van der Waals surface area contributed by atoms with Gasteiger partial charge < -0.3 is 20.3 Å². The summed E-state index contributed by atoms with van der Waals surface area (Å²) in [5, 5.41) is 23.6. The number of ether oxygens (including phenoxy) is 1. The predicted octanol–water partition coefficient (Wildman–Crippen LogP) is 15.0. The molecule has 60 heavy (non-hydrogen) atoms. The minimum atomic E-state index is -0.810. The van der Waals surface area contributed by atoms with E-state index >= 15 is 0 Å². The molecular weight excluding hydrogens is 743 g/mol. The second-order valence-electron chi connectivity index (χ2n) is 16.9. The highest BCUT2D eigenvalue weighted by Gasteiger charge is 2.24. The third-order valence-electron chi connectivity index (χ3n) is 11.0. The lowest BCUT2D eigenvalue weighted by molar-refractivity contribution is -0.151. The van der Waals surface area contributed by atoms with Crippen LogP contribution in [-0.2, 0) is 14.3 Å². The average molecular weight is 838 g/mol. The Kier molecular flexibility index (Phi) is 45.2. The lowest BCUT2D eigenvalue weighted by Gasteiger charge is -2.24. The first kappa shape index (κ1) is 57.3. The molecule has 0 rings (SSSR count). The van der Waals surface area contributed by atoms with E-state index in [0.717, 1.165) is 64.2 Å². The molecule has 346 valence electrons. The number of carbonyl (C=O) groups is 2. The maximum Gasteiger partial charge on any atom is 0.306 e. The van der Waals surface area contributed by atoms with Gasteiger partial charge in [0.25, 0.3) is 0 Å². The van der Waals surface area contributed by atoms with E-state index in [1.54, 1.807) is 0 Å². The van der Waals surface area contributed by atoms with Crippen LogP contribution in [0.3, 0.4) is 0 Å². The fourth-order valence-electron chi connectivity index (χ4n) is 7.18. The van der Waals surface area contributed by atoms with Crippen LogP contribution in [0.25, 0.3) is 0 Å². The number of aliphatic hydroxyl groups excluding tert-OH is 2. The molecule has 0 aliphatic rings. The molecule has 6 nitrogen and oxygen atoms in total. The van der Waals surface area contributed by atoms with E-state index < -0.39 is 18.2 Å². The molecule has 0 aliphatic carbocycles. The maximum absolute atomic E-state index is 13.2. The van der Waals surface area contributed by atoms with Crippen molar-refractivity contribution in [2.45, 2.75) is 251 Å². The molecule has 0 bridgehead atoms. The van der Waals surface area contributed by atoms with Gasteiger partial charge in [-0.15, -0.1) is 0 Å². The van der Waals surface area contributed by atoms with Gasteiger partial charge in [0, 0.05) is 6.42 Å². The van der Waals surface area contributed by atoms with Gasteiger partial charge in [0.2, 0.25) is 5.91 Å². The summed E-state index contributed by atoms with van der Waals surface area (Å²) in [7, 11) is 0. The summed E-state index contributed by atoms with van der Waals surface area (Å²) in [6.07, 6.45) is 59.7. The van der Waals surface area contributed by atoms with Crippen LogP contribution in [0.1, 0.15) is 233 Å². The topological polar surface area (TPSA) is 95.9 Å². The minimum absolute atomic E-state index is 0.0203. The third kappa shape index (κ3) is 42.0. The summed E-state index contributed by atoms with van der Waals surface area (Å²) in [6.45, 7) is 6.40.